The minimum absolute atomic E-state index is 0.623. The Morgan fingerprint density at radius 1 is 1.08 bits per heavy atom. The molecule has 3 rings (SSSR count). The van der Waals surface area contributed by atoms with E-state index >= 15 is 0 Å². The number of benzene rings is 1. The molecule has 2 N–H and O–H groups in total. The molecule has 1 aromatic carbocycles. The van der Waals surface area contributed by atoms with E-state index in [0.29, 0.717) is 5.56 Å². The molecular weight excluding hydrogens is 304 g/mol. The fourth-order valence-electron chi connectivity index (χ4n) is 4.59. The maximum absolute atomic E-state index is 12.7. The molecule has 1 aliphatic heterocycles. The first-order chi connectivity index (χ1) is 11.4. The molecule has 24 heavy (non-hydrogen) atoms. The standard InChI is InChI=1S/C18H16N4O2/c1-11-14(13-6-4-3-5-7-13)16(8-19,9-20)17(10-21)12(2)18(11,24)22-15(17)23/h3-7,11-12,14,24H,1-2H3,(H,22,23)/t11-,12-,14+,17+,18-/m0/s1. The smallest absolute Gasteiger partial charge is 0.245 e. The summed E-state index contributed by atoms with van der Waals surface area (Å²) in [6.45, 7) is 3.24. The Balaban J connectivity index is 2.40. The van der Waals surface area contributed by atoms with Gasteiger partial charge in [-0.15, -0.1) is 0 Å². The number of hydrogen-bond acceptors (Lipinski definition) is 5. The molecule has 1 saturated carbocycles. The fraction of sp³-hybridized carbons (Fsp3) is 0.444. The number of carbonyl (C=O) groups is 1. The number of carbonyl (C=O) groups excluding carboxylic acids is 1. The molecular formula is C18H16N4O2. The van der Waals surface area contributed by atoms with Crippen LogP contribution in [0.25, 0.3) is 0 Å². The summed E-state index contributed by atoms with van der Waals surface area (Å²) in [5.41, 5.74) is -4.83. The molecule has 1 amide bonds. The SMILES string of the molecule is C[C@@H]1[C@]2(O)NC(=O)[C@]1(C#N)C(C#N)(C#N)[C@@H](c1ccccc1)[C@@H]2C. The van der Waals surface area contributed by atoms with E-state index in [1.54, 1.807) is 44.2 Å². The number of nitrogens with one attached hydrogen (secondary N) is 1. The number of amides is 1. The highest BCUT2D eigenvalue weighted by molar-refractivity contribution is 5.92. The predicted octanol–water partition coefficient (Wildman–Crippen LogP) is 1.42. The van der Waals surface area contributed by atoms with Crippen molar-refractivity contribution >= 4 is 5.91 Å². The fourth-order valence-corrected chi connectivity index (χ4v) is 4.59. The molecule has 1 aliphatic carbocycles. The molecule has 2 aliphatic rings. The van der Waals surface area contributed by atoms with E-state index in [2.05, 4.69) is 5.32 Å². The summed E-state index contributed by atoms with van der Waals surface area (Å²) in [7, 11) is 0. The van der Waals surface area contributed by atoms with Crippen molar-refractivity contribution in [3.8, 4) is 18.2 Å². The molecule has 1 aromatic rings. The number of nitriles is 3. The normalized spacial score (nSPS) is 39.2. The zero-order chi connectivity index (χ0) is 17.8. The minimum atomic E-state index is -1.93. The highest BCUT2D eigenvalue weighted by Crippen LogP contribution is 2.66. The first kappa shape index (κ1) is 16.0. The average Bonchev–Trinajstić information content (AvgIpc) is 2.77. The maximum atomic E-state index is 12.7. The molecule has 1 saturated heterocycles. The topological polar surface area (TPSA) is 121 Å². The van der Waals surface area contributed by atoms with Crippen LogP contribution < -0.4 is 5.32 Å². The van der Waals surface area contributed by atoms with E-state index in [-0.39, 0.29) is 0 Å². The van der Waals surface area contributed by atoms with Crippen LogP contribution in [0.1, 0.15) is 25.3 Å². The van der Waals surface area contributed by atoms with Crippen LogP contribution in [0.3, 0.4) is 0 Å². The largest absolute Gasteiger partial charge is 0.370 e. The molecule has 2 bridgehead atoms. The van der Waals surface area contributed by atoms with Gasteiger partial charge in [0.25, 0.3) is 0 Å². The van der Waals surface area contributed by atoms with Gasteiger partial charge in [0.05, 0.1) is 18.2 Å². The van der Waals surface area contributed by atoms with Crippen molar-refractivity contribution in [2.24, 2.45) is 22.7 Å². The second kappa shape index (κ2) is 4.81. The second-order valence-electron chi connectivity index (χ2n) is 6.63. The van der Waals surface area contributed by atoms with Crippen LogP contribution >= 0.6 is 0 Å². The van der Waals surface area contributed by atoms with Crippen molar-refractivity contribution in [2.45, 2.75) is 25.5 Å². The van der Waals surface area contributed by atoms with Crippen LogP contribution in [0.5, 0.6) is 0 Å². The van der Waals surface area contributed by atoms with E-state index in [1.807, 2.05) is 18.2 Å². The van der Waals surface area contributed by atoms with Crippen LogP contribution in [-0.2, 0) is 4.79 Å². The van der Waals surface area contributed by atoms with Gasteiger partial charge < -0.3 is 10.4 Å². The first-order valence-electron chi connectivity index (χ1n) is 7.69. The molecule has 1 heterocycles. The molecule has 0 spiro atoms. The Hall–Kier alpha value is -2.88. The summed E-state index contributed by atoms with van der Waals surface area (Å²) in [5, 5.41) is 43.3. The zero-order valence-electron chi connectivity index (χ0n) is 13.3. The Morgan fingerprint density at radius 3 is 2.17 bits per heavy atom. The van der Waals surface area contributed by atoms with Gasteiger partial charge in [-0.25, -0.2) is 0 Å². The van der Waals surface area contributed by atoms with Crippen molar-refractivity contribution in [1.82, 2.24) is 5.32 Å². The maximum Gasteiger partial charge on any atom is 0.245 e. The van der Waals surface area contributed by atoms with Crippen LogP contribution in [0, 0.1) is 56.7 Å². The summed E-state index contributed by atoms with van der Waals surface area (Å²) in [6.07, 6.45) is 0. The van der Waals surface area contributed by atoms with Crippen molar-refractivity contribution in [2.75, 3.05) is 0 Å². The number of hydrogen-bond donors (Lipinski definition) is 2. The molecule has 5 atom stereocenters. The molecule has 2 fully saturated rings. The van der Waals surface area contributed by atoms with Gasteiger partial charge in [0, 0.05) is 17.8 Å². The number of fused-ring (bicyclic) bond motifs is 2. The summed E-state index contributed by atoms with van der Waals surface area (Å²) < 4.78 is 0. The van der Waals surface area contributed by atoms with Crippen LogP contribution in [0.15, 0.2) is 30.3 Å². The third kappa shape index (κ3) is 1.44. The minimum Gasteiger partial charge on any atom is -0.370 e. The van der Waals surface area contributed by atoms with Crippen LogP contribution in [0.4, 0.5) is 0 Å². The van der Waals surface area contributed by atoms with Gasteiger partial charge in [0.15, 0.2) is 10.8 Å². The van der Waals surface area contributed by atoms with E-state index in [4.69, 9.17) is 0 Å². The monoisotopic (exact) mass is 320 g/mol. The highest BCUT2D eigenvalue weighted by Gasteiger charge is 2.79. The Morgan fingerprint density at radius 2 is 1.67 bits per heavy atom. The van der Waals surface area contributed by atoms with Gasteiger partial charge in [-0.2, -0.15) is 15.8 Å². The highest BCUT2D eigenvalue weighted by atomic mass is 16.3. The molecule has 120 valence electrons. The summed E-state index contributed by atoms with van der Waals surface area (Å²) in [4.78, 5) is 12.7. The number of rotatable bonds is 1. The Labute approximate surface area is 139 Å². The Kier molecular flexibility index (Phi) is 3.20. The average molecular weight is 320 g/mol. The molecule has 6 heteroatoms. The lowest BCUT2D eigenvalue weighted by Gasteiger charge is -2.51. The molecule has 0 aromatic heterocycles. The van der Waals surface area contributed by atoms with Crippen molar-refractivity contribution in [3.05, 3.63) is 35.9 Å². The summed E-state index contributed by atoms with van der Waals surface area (Å²) in [5.74, 6) is -3.05. The Bertz CT molecular complexity index is 817. The van der Waals surface area contributed by atoms with E-state index < -0.39 is 40.2 Å². The van der Waals surface area contributed by atoms with Gasteiger partial charge in [-0.3, -0.25) is 4.79 Å². The molecule has 6 nitrogen and oxygen atoms in total. The van der Waals surface area contributed by atoms with E-state index in [0.717, 1.165) is 0 Å². The van der Waals surface area contributed by atoms with Crippen molar-refractivity contribution in [1.29, 1.82) is 15.8 Å². The summed E-state index contributed by atoms with van der Waals surface area (Å²) in [6, 6.07) is 14.7. The van der Waals surface area contributed by atoms with Crippen molar-refractivity contribution < 1.29 is 9.90 Å². The second-order valence-corrected chi connectivity index (χ2v) is 6.63. The van der Waals surface area contributed by atoms with E-state index in [9.17, 15) is 25.7 Å². The lowest BCUT2D eigenvalue weighted by atomic mass is 9.45. The van der Waals surface area contributed by atoms with Gasteiger partial charge in [0.2, 0.25) is 5.91 Å². The number of nitrogens with zero attached hydrogens (tertiary/aromatic N) is 3. The molecule has 0 radical (unpaired) electrons. The van der Waals surface area contributed by atoms with Gasteiger partial charge in [-0.05, 0) is 5.56 Å². The first-order valence-corrected chi connectivity index (χ1v) is 7.69. The van der Waals surface area contributed by atoms with Crippen molar-refractivity contribution in [3.63, 3.8) is 0 Å². The summed E-state index contributed by atoms with van der Waals surface area (Å²) >= 11 is 0. The third-order valence-electron chi connectivity index (χ3n) is 5.95. The quantitative estimate of drug-likeness (QED) is 0.810. The zero-order valence-corrected chi connectivity index (χ0v) is 13.3. The van der Waals surface area contributed by atoms with Gasteiger partial charge in [-0.1, -0.05) is 44.2 Å². The van der Waals surface area contributed by atoms with Crippen LogP contribution in [0.2, 0.25) is 0 Å². The predicted molar refractivity (Wildman–Crippen MR) is 82.3 cm³/mol. The van der Waals surface area contributed by atoms with E-state index in [1.165, 1.54) is 0 Å². The third-order valence-corrected chi connectivity index (χ3v) is 5.95. The van der Waals surface area contributed by atoms with Crippen LogP contribution in [-0.4, -0.2) is 16.7 Å². The lowest BCUT2D eigenvalue weighted by Crippen LogP contribution is -2.62. The molecule has 0 unspecified atom stereocenters. The van der Waals surface area contributed by atoms with Gasteiger partial charge >= 0.3 is 0 Å². The van der Waals surface area contributed by atoms with Gasteiger partial charge in [0.1, 0.15) is 5.72 Å². The lowest BCUT2D eigenvalue weighted by molar-refractivity contribution is -0.135. The number of aliphatic hydroxyl groups is 1.